The van der Waals surface area contributed by atoms with Crippen LogP contribution in [-0.2, 0) is 19.3 Å². The van der Waals surface area contributed by atoms with E-state index in [1.54, 1.807) is 7.11 Å². The Hall–Kier alpha value is -3.70. The molecule has 194 valence electrons. The Kier molecular flexibility index (Phi) is 6.50. The number of aliphatic hydroxyl groups is 1. The molecule has 3 heterocycles. The van der Waals surface area contributed by atoms with Crippen molar-refractivity contribution in [3.8, 4) is 11.4 Å². The maximum atomic E-state index is 13.1. The van der Waals surface area contributed by atoms with Gasteiger partial charge in [-0.2, -0.15) is 18.3 Å². The van der Waals surface area contributed by atoms with Gasteiger partial charge in [-0.1, -0.05) is 12.1 Å². The van der Waals surface area contributed by atoms with Crippen LogP contribution < -0.4 is 10.3 Å². The summed E-state index contributed by atoms with van der Waals surface area (Å²) in [6.45, 7) is 2.21. The molecule has 1 N–H and O–H groups in total. The maximum absolute atomic E-state index is 13.1. The summed E-state index contributed by atoms with van der Waals surface area (Å²) in [4.78, 5) is 19.7. The van der Waals surface area contributed by atoms with Crippen molar-refractivity contribution in [2.75, 3.05) is 20.2 Å². The van der Waals surface area contributed by atoms with Crippen molar-refractivity contribution >= 4 is 11.0 Å². The van der Waals surface area contributed by atoms with Gasteiger partial charge in [-0.05, 0) is 54.8 Å². The van der Waals surface area contributed by atoms with Crippen LogP contribution in [0, 0.1) is 0 Å². The molecule has 0 unspecified atom stereocenters. The summed E-state index contributed by atoms with van der Waals surface area (Å²) in [6, 6.07) is 12.4. The molecule has 1 aliphatic rings. The van der Waals surface area contributed by atoms with Gasteiger partial charge in [-0.25, -0.2) is 9.67 Å². The smallest absolute Gasteiger partial charge is 0.416 e. The normalized spacial score (nSPS) is 16.2. The van der Waals surface area contributed by atoms with Crippen LogP contribution in [0.1, 0.15) is 24.0 Å². The number of rotatable bonds is 6. The number of hydrogen-bond acceptors (Lipinski definition) is 6. The first-order valence-corrected chi connectivity index (χ1v) is 11.8. The number of fused-ring (bicyclic) bond motifs is 1. The number of alkyl halides is 3. The number of likely N-dealkylation sites (tertiary alicyclic amines) is 1. The van der Waals surface area contributed by atoms with Crippen molar-refractivity contribution in [3.05, 3.63) is 82.5 Å². The standard InChI is InChI=1S/C26H26F3N5O3/c1-37-21-8-2-18(3-9-21)15-32-12-10-25(36,11-13-32)16-33-17-30-23-22(24(33)35)14-31-34(23)20-6-4-19(5-7-20)26(27,28)29/h2-9,14,17,36H,10-13,15-16H2,1H3. The van der Waals surface area contributed by atoms with E-state index in [1.165, 1.54) is 33.9 Å². The van der Waals surface area contributed by atoms with Gasteiger partial charge < -0.3 is 9.84 Å². The number of aromatic nitrogens is 4. The van der Waals surface area contributed by atoms with E-state index in [9.17, 15) is 23.1 Å². The summed E-state index contributed by atoms with van der Waals surface area (Å²) < 4.78 is 46.5. The number of hydrogen-bond donors (Lipinski definition) is 1. The summed E-state index contributed by atoms with van der Waals surface area (Å²) in [5, 5.41) is 15.6. The zero-order chi connectivity index (χ0) is 26.2. The van der Waals surface area contributed by atoms with Crippen molar-refractivity contribution in [2.45, 2.75) is 37.7 Å². The molecule has 0 saturated carbocycles. The van der Waals surface area contributed by atoms with E-state index in [0.717, 1.165) is 30.0 Å². The van der Waals surface area contributed by atoms with E-state index >= 15 is 0 Å². The van der Waals surface area contributed by atoms with Gasteiger partial charge in [-0.3, -0.25) is 14.3 Å². The fourth-order valence-electron chi connectivity index (χ4n) is 4.63. The van der Waals surface area contributed by atoms with Gasteiger partial charge in [0.05, 0.1) is 36.7 Å². The second-order valence-corrected chi connectivity index (χ2v) is 9.36. The summed E-state index contributed by atoms with van der Waals surface area (Å²) in [7, 11) is 1.63. The fraction of sp³-hybridized carbons (Fsp3) is 0.346. The second kappa shape index (κ2) is 9.64. The lowest BCUT2D eigenvalue weighted by Gasteiger charge is -2.38. The minimum atomic E-state index is -4.44. The van der Waals surface area contributed by atoms with Gasteiger partial charge >= 0.3 is 6.18 Å². The molecule has 0 amide bonds. The topological polar surface area (TPSA) is 85.4 Å². The molecule has 1 saturated heterocycles. The van der Waals surface area contributed by atoms with Crippen molar-refractivity contribution in [2.24, 2.45) is 0 Å². The molecule has 0 radical (unpaired) electrons. The number of halogens is 3. The Labute approximate surface area is 210 Å². The first kappa shape index (κ1) is 25.0. The minimum absolute atomic E-state index is 0.0939. The molecule has 4 aromatic rings. The van der Waals surface area contributed by atoms with Crippen molar-refractivity contribution in [3.63, 3.8) is 0 Å². The Bertz CT molecular complexity index is 1440. The van der Waals surface area contributed by atoms with Crippen LogP contribution in [0.25, 0.3) is 16.7 Å². The second-order valence-electron chi connectivity index (χ2n) is 9.36. The largest absolute Gasteiger partial charge is 0.497 e. The van der Waals surface area contributed by atoms with E-state index in [4.69, 9.17) is 4.74 Å². The lowest BCUT2D eigenvalue weighted by atomic mass is 9.91. The van der Waals surface area contributed by atoms with Gasteiger partial charge in [-0.15, -0.1) is 0 Å². The van der Waals surface area contributed by atoms with Crippen LogP contribution in [0.5, 0.6) is 5.75 Å². The van der Waals surface area contributed by atoms with Crippen LogP contribution in [0.2, 0.25) is 0 Å². The highest BCUT2D eigenvalue weighted by Crippen LogP contribution is 2.30. The molecule has 37 heavy (non-hydrogen) atoms. The molecule has 1 aliphatic heterocycles. The third-order valence-corrected chi connectivity index (χ3v) is 6.81. The maximum Gasteiger partial charge on any atom is 0.416 e. The Morgan fingerprint density at radius 1 is 1.05 bits per heavy atom. The van der Waals surface area contributed by atoms with E-state index in [0.29, 0.717) is 31.6 Å². The van der Waals surface area contributed by atoms with Gasteiger partial charge in [0.25, 0.3) is 5.56 Å². The monoisotopic (exact) mass is 513 g/mol. The third-order valence-electron chi connectivity index (χ3n) is 6.81. The molecule has 8 nitrogen and oxygen atoms in total. The Balaban J connectivity index is 1.28. The van der Waals surface area contributed by atoms with Crippen molar-refractivity contribution < 1.29 is 23.0 Å². The molecule has 5 rings (SSSR count). The van der Waals surface area contributed by atoms with Gasteiger partial charge in [0.2, 0.25) is 0 Å². The van der Waals surface area contributed by atoms with E-state index in [-0.39, 0.29) is 23.1 Å². The number of nitrogens with zero attached hydrogens (tertiary/aromatic N) is 5. The quantitative estimate of drug-likeness (QED) is 0.424. The average molecular weight is 514 g/mol. The lowest BCUT2D eigenvalue weighted by molar-refractivity contribution is -0.137. The number of ether oxygens (including phenoxy) is 1. The van der Waals surface area contributed by atoms with E-state index in [2.05, 4.69) is 15.0 Å². The zero-order valence-electron chi connectivity index (χ0n) is 20.1. The Morgan fingerprint density at radius 3 is 2.35 bits per heavy atom. The highest BCUT2D eigenvalue weighted by molar-refractivity contribution is 5.74. The molecule has 1 fully saturated rings. The van der Waals surface area contributed by atoms with Crippen molar-refractivity contribution in [1.29, 1.82) is 0 Å². The van der Waals surface area contributed by atoms with Crippen LogP contribution in [0.3, 0.4) is 0 Å². The first-order chi connectivity index (χ1) is 17.6. The number of methoxy groups -OCH3 is 1. The number of benzene rings is 2. The van der Waals surface area contributed by atoms with Crippen LogP contribution in [0.4, 0.5) is 13.2 Å². The lowest BCUT2D eigenvalue weighted by Crippen LogP contribution is -2.47. The average Bonchev–Trinajstić information content (AvgIpc) is 3.32. The summed E-state index contributed by atoms with van der Waals surface area (Å²) in [5.74, 6) is 0.803. The highest BCUT2D eigenvalue weighted by atomic mass is 19.4. The van der Waals surface area contributed by atoms with Crippen LogP contribution >= 0.6 is 0 Å². The highest BCUT2D eigenvalue weighted by Gasteiger charge is 2.33. The molecule has 0 atom stereocenters. The molecule has 11 heteroatoms. The molecule has 2 aromatic heterocycles. The number of piperidine rings is 1. The van der Waals surface area contributed by atoms with Crippen LogP contribution in [0.15, 0.2) is 65.8 Å². The van der Waals surface area contributed by atoms with Crippen LogP contribution in [-0.4, -0.2) is 55.1 Å². The van der Waals surface area contributed by atoms with Crippen molar-refractivity contribution in [1.82, 2.24) is 24.2 Å². The molecule has 0 bridgehead atoms. The molecular weight excluding hydrogens is 487 g/mol. The summed E-state index contributed by atoms with van der Waals surface area (Å²) in [6.07, 6.45) is -0.741. The van der Waals surface area contributed by atoms with Gasteiger partial charge in [0, 0.05) is 19.6 Å². The summed E-state index contributed by atoms with van der Waals surface area (Å²) in [5.41, 5.74) is -0.442. The van der Waals surface area contributed by atoms with Gasteiger partial charge in [0.1, 0.15) is 17.5 Å². The third kappa shape index (κ3) is 5.23. The first-order valence-electron chi connectivity index (χ1n) is 11.8. The molecule has 0 spiro atoms. The molecule has 0 aliphatic carbocycles. The molecule has 2 aromatic carbocycles. The molecular formula is C26H26F3N5O3. The summed E-state index contributed by atoms with van der Waals surface area (Å²) >= 11 is 0. The zero-order valence-corrected chi connectivity index (χ0v) is 20.1. The predicted molar refractivity (Wildman–Crippen MR) is 131 cm³/mol. The van der Waals surface area contributed by atoms with E-state index in [1.807, 2.05) is 24.3 Å². The van der Waals surface area contributed by atoms with Gasteiger partial charge in [0.15, 0.2) is 5.65 Å². The predicted octanol–water partition coefficient (Wildman–Crippen LogP) is 3.64. The fourth-order valence-corrected chi connectivity index (χ4v) is 4.63. The Morgan fingerprint density at radius 2 is 1.73 bits per heavy atom. The van der Waals surface area contributed by atoms with E-state index < -0.39 is 17.3 Å². The SMILES string of the molecule is COc1ccc(CN2CCC(O)(Cn3cnc4c(cnn4-c4ccc(C(F)(F)F)cc4)c3=O)CC2)cc1. The minimum Gasteiger partial charge on any atom is -0.497 e.